The number of nitrogens with one attached hydrogen (secondary N) is 1. The minimum atomic E-state index is -0.677. The Kier molecular flexibility index (Phi) is 5.01. The summed E-state index contributed by atoms with van der Waals surface area (Å²) < 4.78 is 0.489. The standard InChI is InChI=1S/C11H9N5O4S2/c1-2-5-12-10-13-14-11(22-10)21-9-4-3-7(15(17)18)6-8(9)16(19)20/h2-4,6H,1,5H2,(H,12,13). The number of benzene rings is 1. The first-order chi connectivity index (χ1) is 10.5. The summed E-state index contributed by atoms with van der Waals surface area (Å²) in [4.78, 5) is 20.7. The number of aromatic nitrogens is 2. The van der Waals surface area contributed by atoms with E-state index in [-0.39, 0.29) is 16.3 Å². The van der Waals surface area contributed by atoms with Crippen molar-refractivity contribution >= 4 is 39.6 Å². The van der Waals surface area contributed by atoms with Crippen LogP contribution in [-0.4, -0.2) is 26.6 Å². The quantitative estimate of drug-likeness (QED) is 0.463. The highest BCUT2D eigenvalue weighted by Crippen LogP contribution is 2.38. The molecule has 0 atom stereocenters. The topological polar surface area (TPSA) is 124 Å². The Morgan fingerprint density at radius 3 is 2.73 bits per heavy atom. The van der Waals surface area contributed by atoms with Crippen LogP contribution >= 0.6 is 23.1 Å². The van der Waals surface area contributed by atoms with E-state index in [9.17, 15) is 20.2 Å². The van der Waals surface area contributed by atoms with Crippen molar-refractivity contribution in [1.29, 1.82) is 0 Å². The molecule has 0 saturated carbocycles. The Hall–Kier alpha value is -2.53. The molecule has 0 radical (unpaired) electrons. The van der Waals surface area contributed by atoms with Gasteiger partial charge in [-0.05, 0) is 17.8 Å². The van der Waals surface area contributed by atoms with Crippen LogP contribution in [0, 0.1) is 20.2 Å². The van der Waals surface area contributed by atoms with E-state index in [1.54, 1.807) is 6.08 Å². The third-order valence-corrected chi connectivity index (χ3v) is 4.35. The molecule has 0 spiro atoms. The molecule has 0 aliphatic carbocycles. The molecule has 1 aromatic carbocycles. The van der Waals surface area contributed by atoms with E-state index in [0.29, 0.717) is 16.0 Å². The Labute approximate surface area is 132 Å². The van der Waals surface area contributed by atoms with Crippen LogP contribution in [-0.2, 0) is 0 Å². The number of nitrogens with zero attached hydrogens (tertiary/aromatic N) is 4. The van der Waals surface area contributed by atoms with Gasteiger partial charge in [0.2, 0.25) is 5.13 Å². The molecule has 0 amide bonds. The summed E-state index contributed by atoms with van der Waals surface area (Å²) in [5, 5.41) is 33.0. The van der Waals surface area contributed by atoms with Gasteiger partial charge in [0.1, 0.15) is 0 Å². The number of hydrogen-bond donors (Lipinski definition) is 1. The molecule has 0 unspecified atom stereocenters. The molecule has 0 fully saturated rings. The zero-order valence-corrected chi connectivity index (χ0v) is 12.6. The summed E-state index contributed by atoms with van der Waals surface area (Å²) in [5.41, 5.74) is -0.670. The molecule has 0 aliphatic heterocycles. The molecule has 22 heavy (non-hydrogen) atoms. The lowest BCUT2D eigenvalue weighted by Gasteiger charge is -1.99. The first-order valence-corrected chi connectivity index (χ1v) is 7.43. The van der Waals surface area contributed by atoms with Gasteiger partial charge in [0.25, 0.3) is 11.4 Å². The van der Waals surface area contributed by atoms with Gasteiger partial charge in [-0.3, -0.25) is 20.2 Å². The van der Waals surface area contributed by atoms with Gasteiger partial charge in [0.15, 0.2) is 4.34 Å². The summed E-state index contributed by atoms with van der Waals surface area (Å²) >= 11 is 2.26. The van der Waals surface area contributed by atoms with Crippen LogP contribution in [0.3, 0.4) is 0 Å². The van der Waals surface area contributed by atoms with Crippen molar-refractivity contribution in [2.45, 2.75) is 9.24 Å². The lowest BCUT2D eigenvalue weighted by Crippen LogP contribution is -1.96. The lowest BCUT2D eigenvalue weighted by atomic mass is 10.3. The predicted molar refractivity (Wildman–Crippen MR) is 82.5 cm³/mol. The zero-order valence-electron chi connectivity index (χ0n) is 11.0. The highest BCUT2D eigenvalue weighted by atomic mass is 32.2. The molecule has 1 N–H and O–H groups in total. The van der Waals surface area contributed by atoms with E-state index in [0.717, 1.165) is 17.8 Å². The summed E-state index contributed by atoms with van der Waals surface area (Å²) in [6.45, 7) is 4.09. The van der Waals surface area contributed by atoms with E-state index < -0.39 is 9.85 Å². The maximum absolute atomic E-state index is 11.0. The smallest absolute Gasteiger partial charge is 0.290 e. The number of nitro benzene ring substituents is 2. The fourth-order valence-corrected chi connectivity index (χ4v) is 3.23. The molecular formula is C11H9N5O4S2. The van der Waals surface area contributed by atoms with Crippen molar-refractivity contribution in [3.05, 3.63) is 51.1 Å². The average molecular weight is 339 g/mol. The highest BCUT2D eigenvalue weighted by Gasteiger charge is 2.21. The zero-order chi connectivity index (χ0) is 16.1. The predicted octanol–water partition coefficient (Wildman–Crippen LogP) is 3.10. The Bertz CT molecular complexity index is 733. The number of rotatable bonds is 7. The minimum absolute atomic E-state index is 0.266. The molecule has 9 nitrogen and oxygen atoms in total. The van der Waals surface area contributed by atoms with E-state index in [2.05, 4.69) is 22.1 Å². The van der Waals surface area contributed by atoms with Gasteiger partial charge in [0.05, 0.1) is 20.8 Å². The van der Waals surface area contributed by atoms with Gasteiger partial charge in [-0.15, -0.1) is 16.8 Å². The molecular weight excluding hydrogens is 330 g/mol. The van der Waals surface area contributed by atoms with E-state index in [1.807, 2.05) is 0 Å². The lowest BCUT2D eigenvalue weighted by molar-refractivity contribution is -0.396. The average Bonchev–Trinajstić information content (AvgIpc) is 2.92. The number of non-ortho nitro benzene ring substituents is 1. The normalized spacial score (nSPS) is 10.2. The monoisotopic (exact) mass is 339 g/mol. The van der Waals surface area contributed by atoms with Gasteiger partial charge < -0.3 is 5.32 Å². The van der Waals surface area contributed by atoms with Crippen molar-refractivity contribution in [3.8, 4) is 0 Å². The van der Waals surface area contributed by atoms with Crippen LogP contribution in [0.15, 0.2) is 40.1 Å². The van der Waals surface area contributed by atoms with Crippen LogP contribution in [0.25, 0.3) is 0 Å². The van der Waals surface area contributed by atoms with Crippen molar-refractivity contribution in [2.24, 2.45) is 0 Å². The second kappa shape index (κ2) is 6.95. The highest BCUT2D eigenvalue weighted by molar-refractivity contribution is 8.01. The van der Waals surface area contributed by atoms with Crippen molar-refractivity contribution < 1.29 is 9.85 Å². The van der Waals surface area contributed by atoms with Crippen molar-refractivity contribution in [2.75, 3.05) is 11.9 Å². The van der Waals surface area contributed by atoms with Crippen LogP contribution in [0.4, 0.5) is 16.5 Å². The van der Waals surface area contributed by atoms with E-state index in [4.69, 9.17) is 0 Å². The molecule has 0 bridgehead atoms. The molecule has 0 aliphatic rings. The van der Waals surface area contributed by atoms with Crippen LogP contribution in [0.5, 0.6) is 0 Å². The molecule has 1 aromatic heterocycles. The van der Waals surface area contributed by atoms with Crippen LogP contribution in [0.1, 0.15) is 0 Å². The fraction of sp³-hybridized carbons (Fsp3) is 0.0909. The van der Waals surface area contributed by atoms with Gasteiger partial charge in [-0.1, -0.05) is 17.4 Å². The number of nitro groups is 2. The van der Waals surface area contributed by atoms with Gasteiger partial charge in [-0.25, -0.2) is 0 Å². The second-order valence-corrected chi connectivity index (χ2v) is 6.08. The molecule has 2 rings (SSSR count). The maximum Gasteiger partial charge on any atom is 0.290 e. The molecule has 2 aromatic rings. The Morgan fingerprint density at radius 1 is 1.32 bits per heavy atom. The second-order valence-electron chi connectivity index (χ2n) is 3.81. The maximum atomic E-state index is 11.0. The molecule has 11 heteroatoms. The first kappa shape index (κ1) is 15.9. The fourth-order valence-electron chi connectivity index (χ4n) is 1.42. The van der Waals surface area contributed by atoms with Gasteiger partial charge in [0, 0.05) is 12.6 Å². The van der Waals surface area contributed by atoms with E-state index in [1.165, 1.54) is 23.5 Å². The Balaban J connectivity index is 2.25. The largest absolute Gasteiger partial charge is 0.357 e. The summed E-state index contributed by atoms with van der Waals surface area (Å²) in [5.74, 6) is 0. The van der Waals surface area contributed by atoms with Crippen LogP contribution < -0.4 is 5.32 Å². The van der Waals surface area contributed by atoms with E-state index >= 15 is 0 Å². The number of anilines is 1. The molecule has 114 valence electrons. The third kappa shape index (κ3) is 3.77. The minimum Gasteiger partial charge on any atom is -0.357 e. The SMILES string of the molecule is C=CCNc1nnc(Sc2ccc([N+](=O)[O-])cc2[N+](=O)[O-])s1. The summed E-state index contributed by atoms with van der Waals surface area (Å²) in [6.07, 6.45) is 1.66. The van der Waals surface area contributed by atoms with Crippen molar-refractivity contribution in [1.82, 2.24) is 10.2 Å². The summed E-state index contributed by atoms with van der Waals surface area (Å²) in [7, 11) is 0. The molecule has 0 saturated heterocycles. The number of hydrogen-bond acceptors (Lipinski definition) is 9. The van der Waals surface area contributed by atoms with Gasteiger partial charge >= 0.3 is 0 Å². The van der Waals surface area contributed by atoms with Crippen LogP contribution in [0.2, 0.25) is 0 Å². The third-order valence-electron chi connectivity index (χ3n) is 2.35. The van der Waals surface area contributed by atoms with Crippen molar-refractivity contribution in [3.63, 3.8) is 0 Å². The van der Waals surface area contributed by atoms with Gasteiger partial charge in [-0.2, -0.15) is 0 Å². The summed E-state index contributed by atoms with van der Waals surface area (Å²) in [6, 6.07) is 3.48. The molecule has 1 heterocycles. The Morgan fingerprint density at radius 2 is 2.09 bits per heavy atom. The first-order valence-electron chi connectivity index (χ1n) is 5.80.